The third-order valence-corrected chi connectivity index (χ3v) is 3.28. The van der Waals surface area contributed by atoms with Gasteiger partial charge in [0.05, 0.1) is 18.4 Å². The van der Waals surface area contributed by atoms with Crippen molar-refractivity contribution >= 4 is 23.5 Å². The second-order valence-corrected chi connectivity index (χ2v) is 5.03. The summed E-state index contributed by atoms with van der Waals surface area (Å²) in [6.07, 6.45) is 2.29. The van der Waals surface area contributed by atoms with Crippen LogP contribution in [-0.4, -0.2) is 49.2 Å². The number of rotatable bonds is 8. The predicted octanol–water partition coefficient (Wildman–Crippen LogP) is 1.96. The van der Waals surface area contributed by atoms with E-state index in [0.29, 0.717) is 24.8 Å². The van der Waals surface area contributed by atoms with Gasteiger partial charge in [-0.15, -0.1) is 0 Å². The average Bonchev–Trinajstić information content (AvgIpc) is 2.65. The highest BCUT2D eigenvalue weighted by Gasteiger charge is 2.15. The Morgan fingerprint density at radius 3 is 2.72 bits per heavy atom. The number of ether oxygens (including phenoxy) is 2. The summed E-state index contributed by atoms with van der Waals surface area (Å²) in [7, 11) is 2.92. The molecule has 0 unspecified atom stereocenters. The Kier molecular flexibility index (Phi) is 6.85. The Labute approximate surface area is 145 Å². The Morgan fingerprint density at radius 1 is 1.16 bits per heavy atom. The van der Waals surface area contributed by atoms with Crippen LogP contribution in [0.1, 0.15) is 27.3 Å². The van der Waals surface area contributed by atoms with E-state index in [9.17, 15) is 9.59 Å². The summed E-state index contributed by atoms with van der Waals surface area (Å²) >= 11 is 0. The molecule has 132 valence electrons. The average molecular weight is 344 g/mol. The molecule has 8 heteroatoms. The van der Waals surface area contributed by atoms with Crippen LogP contribution in [0.3, 0.4) is 0 Å². The number of carbonyl (C=O) groups excluding carboxylic acids is 2. The highest BCUT2D eigenvalue weighted by Crippen LogP contribution is 2.17. The molecule has 1 aromatic carbocycles. The number of benzene rings is 1. The number of anilines is 2. The zero-order valence-electron chi connectivity index (χ0n) is 14.1. The smallest absolute Gasteiger partial charge is 0.339 e. The Hall–Kier alpha value is -3.00. The minimum atomic E-state index is -0.529. The minimum absolute atomic E-state index is 0.184. The predicted molar refractivity (Wildman–Crippen MR) is 92.7 cm³/mol. The number of hydrogen-bond acceptors (Lipinski definition) is 7. The molecule has 0 fully saturated rings. The van der Waals surface area contributed by atoms with Crippen molar-refractivity contribution in [3.63, 3.8) is 0 Å². The maximum atomic E-state index is 12.4. The molecule has 2 aromatic rings. The molecule has 0 atom stereocenters. The van der Waals surface area contributed by atoms with E-state index in [1.807, 2.05) is 0 Å². The van der Waals surface area contributed by atoms with Crippen molar-refractivity contribution in [1.82, 2.24) is 9.97 Å². The van der Waals surface area contributed by atoms with E-state index in [4.69, 9.17) is 9.47 Å². The molecule has 2 rings (SSSR count). The summed E-state index contributed by atoms with van der Waals surface area (Å²) in [4.78, 5) is 32.4. The van der Waals surface area contributed by atoms with Gasteiger partial charge < -0.3 is 20.1 Å². The number of carbonyl (C=O) groups is 2. The van der Waals surface area contributed by atoms with Gasteiger partial charge in [-0.1, -0.05) is 12.1 Å². The Balaban J connectivity index is 2.08. The summed E-state index contributed by atoms with van der Waals surface area (Å²) in [6.45, 7) is 1.25. The first-order valence-electron chi connectivity index (χ1n) is 7.70. The fraction of sp³-hybridized carbons (Fsp3) is 0.294. The van der Waals surface area contributed by atoms with E-state index in [1.165, 1.54) is 19.4 Å². The van der Waals surface area contributed by atoms with Crippen molar-refractivity contribution in [2.75, 3.05) is 38.0 Å². The van der Waals surface area contributed by atoms with Gasteiger partial charge in [0.25, 0.3) is 5.91 Å². The summed E-state index contributed by atoms with van der Waals surface area (Å²) in [6, 6.07) is 8.09. The maximum absolute atomic E-state index is 12.4. The lowest BCUT2D eigenvalue weighted by molar-refractivity contribution is 0.0602. The maximum Gasteiger partial charge on any atom is 0.339 e. The van der Waals surface area contributed by atoms with E-state index in [0.717, 1.165) is 6.42 Å². The first-order chi connectivity index (χ1) is 12.2. The molecule has 8 nitrogen and oxygen atoms in total. The van der Waals surface area contributed by atoms with Crippen molar-refractivity contribution in [2.45, 2.75) is 6.42 Å². The lowest BCUT2D eigenvalue weighted by atomic mass is 10.1. The van der Waals surface area contributed by atoms with E-state index in [2.05, 4.69) is 20.6 Å². The quantitative estimate of drug-likeness (QED) is 0.557. The van der Waals surface area contributed by atoms with Crippen molar-refractivity contribution in [3.8, 4) is 0 Å². The van der Waals surface area contributed by atoms with Crippen molar-refractivity contribution < 1.29 is 19.1 Å². The molecule has 0 aliphatic carbocycles. The largest absolute Gasteiger partial charge is 0.465 e. The molecule has 0 aliphatic heterocycles. The number of para-hydroxylation sites is 1. The molecular formula is C17H20N4O4. The molecule has 0 saturated carbocycles. The van der Waals surface area contributed by atoms with E-state index in [1.54, 1.807) is 31.4 Å². The van der Waals surface area contributed by atoms with Gasteiger partial charge in [-0.2, -0.15) is 0 Å². The van der Waals surface area contributed by atoms with E-state index >= 15 is 0 Å². The standard InChI is InChI=1S/C17H20N4O4/c1-24-11-5-9-18-17-19-10-8-14(21-17)15(22)20-13-7-4-3-6-12(13)16(23)25-2/h3-4,6-8,10H,5,9,11H2,1-2H3,(H,20,22)(H,18,19,21). The highest BCUT2D eigenvalue weighted by atomic mass is 16.5. The van der Waals surface area contributed by atoms with Crippen LogP contribution in [0, 0.1) is 0 Å². The first-order valence-corrected chi connectivity index (χ1v) is 7.70. The van der Waals surface area contributed by atoms with Crippen LogP contribution in [0.2, 0.25) is 0 Å². The minimum Gasteiger partial charge on any atom is -0.465 e. The van der Waals surface area contributed by atoms with Gasteiger partial charge in [-0.05, 0) is 24.6 Å². The van der Waals surface area contributed by atoms with Gasteiger partial charge in [0, 0.05) is 26.5 Å². The van der Waals surface area contributed by atoms with E-state index in [-0.39, 0.29) is 11.3 Å². The van der Waals surface area contributed by atoms with Gasteiger partial charge >= 0.3 is 5.97 Å². The molecule has 1 aromatic heterocycles. The van der Waals surface area contributed by atoms with Crippen LogP contribution < -0.4 is 10.6 Å². The second-order valence-electron chi connectivity index (χ2n) is 5.03. The van der Waals surface area contributed by atoms with Gasteiger partial charge in [0.1, 0.15) is 5.69 Å². The third kappa shape index (κ3) is 5.25. The summed E-state index contributed by atoms with van der Waals surface area (Å²) in [5.41, 5.74) is 0.807. The number of aromatic nitrogens is 2. The number of hydrogen-bond donors (Lipinski definition) is 2. The lowest BCUT2D eigenvalue weighted by Crippen LogP contribution is -2.18. The fourth-order valence-electron chi connectivity index (χ4n) is 2.05. The van der Waals surface area contributed by atoms with Crippen molar-refractivity contribution in [3.05, 3.63) is 47.8 Å². The second kappa shape index (κ2) is 9.33. The molecule has 0 aliphatic rings. The van der Waals surface area contributed by atoms with Gasteiger partial charge in [0.2, 0.25) is 5.95 Å². The topological polar surface area (TPSA) is 102 Å². The highest BCUT2D eigenvalue weighted by molar-refractivity contribution is 6.07. The SMILES string of the molecule is COCCCNc1nccc(C(=O)Nc2ccccc2C(=O)OC)n1. The molecule has 0 spiro atoms. The fourth-order valence-corrected chi connectivity index (χ4v) is 2.05. The molecular weight excluding hydrogens is 324 g/mol. The number of methoxy groups -OCH3 is 2. The molecule has 0 radical (unpaired) electrons. The zero-order valence-corrected chi connectivity index (χ0v) is 14.1. The third-order valence-electron chi connectivity index (χ3n) is 3.28. The molecule has 1 heterocycles. The van der Waals surface area contributed by atoms with Crippen LogP contribution in [0.15, 0.2) is 36.5 Å². The molecule has 1 amide bonds. The van der Waals surface area contributed by atoms with Crippen LogP contribution in [-0.2, 0) is 9.47 Å². The zero-order chi connectivity index (χ0) is 18.1. The van der Waals surface area contributed by atoms with Crippen LogP contribution in [0.25, 0.3) is 0 Å². The van der Waals surface area contributed by atoms with Gasteiger partial charge in [-0.25, -0.2) is 14.8 Å². The van der Waals surface area contributed by atoms with Crippen molar-refractivity contribution in [1.29, 1.82) is 0 Å². The monoisotopic (exact) mass is 344 g/mol. The van der Waals surface area contributed by atoms with Crippen molar-refractivity contribution in [2.24, 2.45) is 0 Å². The van der Waals surface area contributed by atoms with Crippen LogP contribution in [0.5, 0.6) is 0 Å². The summed E-state index contributed by atoms with van der Waals surface area (Å²) < 4.78 is 9.68. The number of esters is 1. The molecule has 0 saturated heterocycles. The number of amides is 1. The molecule has 0 bridgehead atoms. The van der Waals surface area contributed by atoms with Gasteiger partial charge in [-0.3, -0.25) is 4.79 Å². The summed E-state index contributed by atoms with van der Waals surface area (Å²) in [5.74, 6) is -0.622. The number of nitrogens with zero attached hydrogens (tertiary/aromatic N) is 2. The molecule has 25 heavy (non-hydrogen) atoms. The molecule has 2 N–H and O–H groups in total. The Bertz CT molecular complexity index is 736. The van der Waals surface area contributed by atoms with E-state index < -0.39 is 11.9 Å². The number of nitrogens with one attached hydrogen (secondary N) is 2. The Morgan fingerprint density at radius 2 is 1.96 bits per heavy atom. The van der Waals surface area contributed by atoms with Crippen LogP contribution >= 0.6 is 0 Å². The normalized spacial score (nSPS) is 10.2. The first kappa shape index (κ1) is 18.3. The van der Waals surface area contributed by atoms with Gasteiger partial charge in [0.15, 0.2) is 0 Å². The lowest BCUT2D eigenvalue weighted by Gasteiger charge is -2.10. The van der Waals surface area contributed by atoms with Crippen LogP contribution in [0.4, 0.5) is 11.6 Å². The summed E-state index contributed by atoms with van der Waals surface area (Å²) in [5, 5.41) is 5.69.